The summed E-state index contributed by atoms with van der Waals surface area (Å²) in [6, 6.07) is 0. The summed E-state index contributed by atoms with van der Waals surface area (Å²) >= 11 is 0. The maximum Gasteiger partial charge on any atom is 0.668 e. The molecule has 0 aliphatic rings. The minimum atomic E-state index is -4.61. The minimum absolute atomic E-state index is 0. The van der Waals surface area contributed by atoms with Crippen LogP contribution in [0.2, 0.25) is 0 Å². The van der Waals surface area contributed by atoms with Crippen molar-refractivity contribution in [2.45, 2.75) is 0 Å². The van der Waals surface area contributed by atoms with Crippen molar-refractivity contribution in [2.75, 3.05) is 0 Å². The SMILES string of the molecule is O[Si](O)(O)O.P.[Sr]. The average Bonchev–Trinajstić information content (AvgIpc) is 0.722. The van der Waals surface area contributed by atoms with Gasteiger partial charge in [0.05, 0.1) is 0 Å². The summed E-state index contributed by atoms with van der Waals surface area (Å²) in [6.45, 7) is 0. The van der Waals surface area contributed by atoms with Crippen LogP contribution >= 0.6 is 9.90 Å². The zero-order chi connectivity index (χ0) is 4.50. The van der Waals surface area contributed by atoms with Gasteiger partial charge >= 0.3 is 9.05 Å². The Labute approximate surface area is 82.6 Å². The van der Waals surface area contributed by atoms with Gasteiger partial charge in [0.2, 0.25) is 0 Å². The molecule has 0 fully saturated rings. The summed E-state index contributed by atoms with van der Waals surface area (Å²) in [6.07, 6.45) is 0. The van der Waals surface area contributed by atoms with E-state index in [1.165, 1.54) is 0 Å². The molecule has 2 radical (unpaired) electrons. The van der Waals surface area contributed by atoms with Crippen molar-refractivity contribution < 1.29 is 19.2 Å². The molecule has 0 spiro atoms. The van der Waals surface area contributed by atoms with Crippen molar-refractivity contribution in [3.05, 3.63) is 0 Å². The third kappa shape index (κ3) is 73.3. The molecule has 0 saturated carbocycles. The van der Waals surface area contributed by atoms with E-state index in [0.717, 1.165) is 0 Å². The zero-order valence-corrected chi connectivity index (χ0v) is 9.59. The van der Waals surface area contributed by atoms with E-state index >= 15 is 0 Å². The molecular formula is H7O4PSiSr. The quantitative estimate of drug-likeness (QED) is 0.259. The molecule has 0 saturated heterocycles. The van der Waals surface area contributed by atoms with E-state index in [2.05, 4.69) is 0 Å². The average molecular weight is 218 g/mol. The van der Waals surface area contributed by atoms with Crippen LogP contribution in [0, 0.1) is 0 Å². The predicted octanol–water partition coefficient (Wildman–Crippen LogP) is -2.93. The molecule has 7 heavy (non-hydrogen) atoms. The first-order valence-corrected chi connectivity index (χ1v) is 2.68. The fourth-order valence-electron chi connectivity index (χ4n) is 0. The van der Waals surface area contributed by atoms with Crippen LogP contribution in [0.1, 0.15) is 0 Å². The van der Waals surface area contributed by atoms with E-state index in [4.69, 9.17) is 19.2 Å². The van der Waals surface area contributed by atoms with Gasteiger partial charge in [0, 0.05) is 45.5 Å². The molecule has 0 aromatic rings. The topological polar surface area (TPSA) is 80.9 Å². The van der Waals surface area contributed by atoms with E-state index in [9.17, 15) is 0 Å². The molecule has 1 unspecified atom stereocenters. The second-order valence-electron chi connectivity index (χ2n) is 0.600. The summed E-state index contributed by atoms with van der Waals surface area (Å²) < 4.78 is 0. The van der Waals surface area contributed by atoms with Crippen LogP contribution < -0.4 is 0 Å². The zero-order valence-electron chi connectivity index (χ0n) is 3.70. The van der Waals surface area contributed by atoms with Gasteiger partial charge in [0.15, 0.2) is 0 Å². The van der Waals surface area contributed by atoms with Gasteiger partial charge in [0.25, 0.3) is 0 Å². The first-order valence-electron chi connectivity index (χ1n) is 0.894. The summed E-state index contributed by atoms with van der Waals surface area (Å²) in [5.41, 5.74) is 0. The number of hydrogen-bond acceptors (Lipinski definition) is 4. The minimum Gasteiger partial charge on any atom is -0.368 e. The van der Waals surface area contributed by atoms with E-state index in [0.29, 0.717) is 0 Å². The van der Waals surface area contributed by atoms with Crippen molar-refractivity contribution in [3.8, 4) is 0 Å². The molecule has 0 aromatic heterocycles. The van der Waals surface area contributed by atoms with Gasteiger partial charge in [-0.05, 0) is 0 Å². The van der Waals surface area contributed by atoms with Gasteiger partial charge in [-0.25, -0.2) is 0 Å². The van der Waals surface area contributed by atoms with Crippen LogP contribution in [-0.4, -0.2) is 73.7 Å². The normalized spacial score (nSPS) is 8.57. The predicted molar refractivity (Wildman–Crippen MR) is 31.5 cm³/mol. The first kappa shape index (κ1) is 16.0. The van der Waals surface area contributed by atoms with Crippen LogP contribution in [0.25, 0.3) is 0 Å². The van der Waals surface area contributed by atoms with Crippen molar-refractivity contribution in [1.29, 1.82) is 0 Å². The summed E-state index contributed by atoms with van der Waals surface area (Å²) in [7, 11) is -4.61. The fourth-order valence-corrected chi connectivity index (χ4v) is 0. The Kier molecular flexibility index (Phi) is 13.9. The second-order valence-corrected chi connectivity index (χ2v) is 1.80. The maximum atomic E-state index is 7.33. The Morgan fingerprint density at radius 1 is 0.857 bits per heavy atom. The molecular weight excluding hydrogens is 211 g/mol. The Hall–Kier alpha value is 1.97. The van der Waals surface area contributed by atoms with Crippen molar-refractivity contribution in [1.82, 2.24) is 0 Å². The van der Waals surface area contributed by atoms with Crippen molar-refractivity contribution >= 4 is 64.4 Å². The van der Waals surface area contributed by atoms with Crippen LogP contribution in [0.15, 0.2) is 0 Å². The van der Waals surface area contributed by atoms with Gasteiger partial charge in [-0.3, -0.25) is 0 Å². The monoisotopic (exact) mass is 218 g/mol. The van der Waals surface area contributed by atoms with Crippen LogP contribution in [0.5, 0.6) is 0 Å². The van der Waals surface area contributed by atoms with Crippen molar-refractivity contribution in [2.24, 2.45) is 0 Å². The van der Waals surface area contributed by atoms with E-state index < -0.39 is 9.05 Å². The Balaban J connectivity index is -0.0000000800. The molecule has 0 heterocycles. The summed E-state index contributed by atoms with van der Waals surface area (Å²) in [5, 5.41) is 0. The van der Waals surface area contributed by atoms with Gasteiger partial charge in [-0.2, -0.15) is 9.90 Å². The first-order chi connectivity index (χ1) is 2.00. The van der Waals surface area contributed by atoms with Crippen molar-refractivity contribution in [3.63, 3.8) is 0 Å². The molecule has 0 bridgehead atoms. The van der Waals surface area contributed by atoms with E-state index in [1.807, 2.05) is 0 Å². The molecule has 0 aliphatic heterocycles. The summed E-state index contributed by atoms with van der Waals surface area (Å²) in [5.74, 6) is 0. The standard InChI is InChI=1S/H4O4Si.H3P.Sr/c1-5(2,3)4;;/h1-4H;1H3;. The Bertz CT molecular complexity index is 27.2. The maximum absolute atomic E-state index is 7.33. The molecule has 4 nitrogen and oxygen atoms in total. The van der Waals surface area contributed by atoms with Gasteiger partial charge in [0.1, 0.15) is 0 Å². The third-order valence-electron chi connectivity index (χ3n) is 0. The number of rotatable bonds is 0. The van der Waals surface area contributed by atoms with Gasteiger partial charge in [-0.1, -0.05) is 0 Å². The molecule has 1 atom stereocenters. The molecule has 4 N–H and O–H groups in total. The second kappa shape index (κ2) is 6.09. The van der Waals surface area contributed by atoms with Gasteiger partial charge in [-0.15, -0.1) is 0 Å². The summed E-state index contributed by atoms with van der Waals surface area (Å²) in [4.78, 5) is 29.3. The van der Waals surface area contributed by atoms with Crippen LogP contribution in [-0.2, 0) is 0 Å². The largest absolute Gasteiger partial charge is 0.668 e. The molecule has 42 valence electrons. The molecule has 7 heteroatoms. The smallest absolute Gasteiger partial charge is 0.368 e. The molecule has 0 aliphatic carbocycles. The van der Waals surface area contributed by atoms with Gasteiger partial charge < -0.3 is 19.2 Å². The molecule has 0 amide bonds. The fraction of sp³-hybridized carbons (Fsp3) is 0. The Morgan fingerprint density at radius 2 is 0.857 bits per heavy atom. The van der Waals surface area contributed by atoms with Crippen LogP contribution in [0.3, 0.4) is 0 Å². The van der Waals surface area contributed by atoms with E-state index in [-0.39, 0.29) is 55.4 Å². The Morgan fingerprint density at radius 3 is 0.857 bits per heavy atom. The van der Waals surface area contributed by atoms with Crippen LogP contribution in [0.4, 0.5) is 0 Å². The molecule has 0 aromatic carbocycles. The number of hydrogen-bond donors (Lipinski definition) is 4. The third-order valence-corrected chi connectivity index (χ3v) is 0. The van der Waals surface area contributed by atoms with E-state index in [1.54, 1.807) is 0 Å². The molecule has 0 rings (SSSR count).